The number of Topliss-reactive ketones (excluding diaryl/α,β-unsaturated/α-hetero) is 1. The van der Waals surface area contributed by atoms with Crippen molar-refractivity contribution in [3.63, 3.8) is 0 Å². The van der Waals surface area contributed by atoms with Gasteiger partial charge in [0, 0.05) is 5.56 Å². The lowest BCUT2D eigenvalue weighted by molar-refractivity contribution is 0.101. The van der Waals surface area contributed by atoms with Crippen LogP contribution in [0.5, 0.6) is 0 Å². The molecule has 0 amide bonds. The predicted octanol–water partition coefficient (Wildman–Crippen LogP) is 1.65. The molecule has 66 valence electrons. The molecule has 0 aliphatic rings. The van der Waals surface area contributed by atoms with Crippen LogP contribution < -0.4 is 5.73 Å². The number of nitriles is 1. The molecule has 0 saturated heterocycles. The molecule has 0 aliphatic heterocycles. The van der Waals surface area contributed by atoms with Crippen molar-refractivity contribution in [2.75, 3.05) is 5.73 Å². The largest absolute Gasteiger partial charge is 0.398 e. The Morgan fingerprint density at radius 3 is 2.62 bits per heavy atom. The maximum absolute atomic E-state index is 11.1. The lowest BCUT2D eigenvalue weighted by Crippen LogP contribution is -2.00. The average Bonchev–Trinajstić information content (AvgIpc) is 2.07. The van der Waals surface area contributed by atoms with Gasteiger partial charge in [-0.2, -0.15) is 5.26 Å². The van der Waals surface area contributed by atoms with E-state index in [0.29, 0.717) is 16.8 Å². The fourth-order valence-corrected chi connectivity index (χ4v) is 1.20. The van der Waals surface area contributed by atoms with Crippen LogP contribution in [-0.2, 0) is 0 Å². The number of rotatable bonds is 1. The summed E-state index contributed by atoms with van der Waals surface area (Å²) in [6.45, 7) is 3.27. The quantitative estimate of drug-likeness (QED) is 0.520. The summed E-state index contributed by atoms with van der Waals surface area (Å²) in [5.74, 6) is -0.0336. The monoisotopic (exact) mass is 174 g/mol. The van der Waals surface area contributed by atoms with E-state index in [1.54, 1.807) is 19.1 Å². The molecule has 2 N–H and O–H groups in total. The van der Waals surface area contributed by atoms with E-state index >= 15 is 0 Å². The number of carbonyl (C=O) groups excluding carboxylic acids is 1. The number of anilines is 1. The van der Waals surface area contributed by atoms with Crippen LogP contribution in [-0.4, -0.2) is 5.78 Å². The number of carbonyl (C=O) groups is 1. The Hall–Kier alpha value is -1.82. The second-order valence-electron chi connectivity index (χ2n) is 2.92. The molecule has 1 aromatic carbocycles. The molecular weight excluding hydrogens is 164 g/mol. The third-order valence-corrected chi connectivity index (χ3v) is 1.90. The number of hydrogen-bond acceptors (Lipinski definition) is 3. The van der Waals surface area contributed by atoms with Crippen molar-refractivity contribution in [1.29, 1.82) is 5.26 Å². The Kier molecular flexibility index (Phi) is 2.34. The Morgan fingerprint density at radius 2 is 2.15 bits per heavy atom. The summed E-state index contributed by atoms with van der Waals surface area (Å²) in [5.41, 5.74) is 7.71. The van der Waals surface area contributed by atoms with Crippen molar-refractivity contribution in [3.05, 3.63) is 28.8 Å². The van der Waals surface area contributed by atoms with Gasteiger partial charge in [0.2, 0.25) is 0 Å². The Labute approximate surface area is 76.8 Å². The van der Waals surface area contributed by atoms with Crippen LogP contribution in [0.3, 0.4) is 0 Å². The highest BCUT2D eigenvalue weighted by molar-refractivity contribution is 5.96. The van der Waals surface area contributed by atoms with Gasteiger partial charge in [0.05, 0.1) is 11.3 Å². The minimum atomic E-state index is -0.0336. The topological polar surface area (TPSA) is 66.9 Å². The number of ketones is 1. The van der Waals surface area contributed by atoms with Gasteiger partial charge in [-0.15, -0.1) is 0 Å². The zero-order valence-corrected chi connectivity index (χ0v) is 7.59. The Morgan fingerprint density at radius 1 is 1.54 bits per heavy atom. The van der Waals surface area contributed by atoms with Crippen molar-refractivity contribution in [2.45, 2.75) is 13.8 Å². The third-order valence-electron chi connectivity index (χ3n) is 1.90. The SMILES string of the molecule is CC(=O)c1cc(N)c(C#N)cc1C. The zero-order chi connectivity index (χ0) is 10.0. The molecule has 1 rings (SSSR count). The first-order valence-electron chi connectivity index (χ1n) is 3.87. The fourth-order valence-electron chi connectivity index (χ4n) is 1.20. The molecule has 0 heterocycles. The van der Waals surface area contributed by atoms with E-state index < -0.39 is 0 Å². The van der Waals surface area contributed by atoms with Crippen molar-refractivity contribution in [3.8, 4) is 6.07 Å². The molecule has 0 unspecified atom stereocenters. The highest BCUT2D eigenvalue weighted by Gasteiger charge is 2.07. The van der Waals surface area contributed by atoms with Gasteiger partial charge >= 0.3 is 0 Å². The maximum Gasteiger partial charge on any atom is 0.160 e. The minimum Gasteiger partial charge on any atom is -0.398 e. The van der Waals surface area contributed by atoms with Crippen molar-refractivity contribution >= 4 is 11.5 Å². The Bertz CT molecular complexity index is 402. The highest BCUT2D eigenvalue weighted by Crippen LogP contribution is 2.18. The summed E-state index contributed by atoms with van der Waals surface area (Å²) in [6, 6.07) is 5.15. The molecule has 3 heteroatoms. The van der Waals surface area contributed by atoms with Crippen LogP contribution in [0.4, 0.5) is 5.69 Å². The number of aryl methyl sites for hydroxylation is 1. The molecule has 0 spiro atoms. The molecule has 0 aliphatic carbocycles. The molecule has 0 aromatic heterocycles. The summed E-state index contributed by atoms with van der Waals surface area (Å²) in [6.07, 6.45) is 0. The van der Waals surface area contributed by atoms with Gasteiger partial charge in [0.1, 0.15) is 6.07 Å². The number of benzene rings is 1. The number of nitrogens with two attached hydrogens (primary N) is 1. The summed E-state index contributed by atoms with van der Waals surface area (Å²) in [7, 11) is 0. The van der Waals surface area contributed by atoms with Crippen LogP contribution in [0.2, 0.25) is 0 Å². The van der Waals surface area contributed by atoms with Gasteiger partial charge in [0.25, 0.3) is 0 Å². The average molecular weight is 174 g/mol. The van der Waals surface area contributed by atoms with Gasteiger partial charge in [-0.1, -0.05) is 0 Å². The maximum atomic E-state index is 11.1. The van der Waals surface area contributed by atoms with Gasteiger partial charge < -0.3 is 5.73 Å². The lowest BCUT2D eigenvalue weighted by Gasteiger charge is -2.04. The minimum absolute atomic E-state index is 0.0336. The first-order chi connectivity index (χ1) is 6.06. The van der Waals surface area contributed by atoms with Crippen molar-refractivity contribution < 1.29 is 4.79 Å². The van der Waals surface area contributed by atoms with Gasteiger partial charge in [-0.3, -0.25) is 4.79 Å². The summed E-state index contributed by atoms with van der Waals surface area (Å²) in [4.78, 5) is 11.1. The molecule has 0 saturated carbocycles. The van der Waals surface area contributed by atoms with E-state index in [1.807, 2.05) is 6.07 Å². The second-order valence-corrected chi connectivity index (χ2v) is 2.92. The van der Waals surface area contributed by atoms with Crippen LogP contribution >= 0.6 is 0 Å². The molecule has 0 radical (unpaired) electrons. The van der Waals surface area contributed by atoms with Crippen molar-refractivity contribution in [1.82, 2.24) is 0 Å². The summed E-state index contributed by atoms with van der Waals surface area (Å²) < 4.78 is 0. The molecule has 0 bridgehead atoms. The molecule has 0 fully saturated rings. The highest BCUT2D eigenvalue weighted by atomic mass is 16.1. The van der Waals surface area contributed by atoms with Crippen molar-refractivity contribution in [2.24, 2.45) is 0 Å². The first kappa shape index (κ1) is 9.27. The molecule has 3 nitrogen and oxygen atoms in total. The molecule has 1 aromatic rings. The zero-order valence-electron chi connectivity index (χ0n) is 7.59. The van der Waals surface area contributed by atoms with Crippen LogP contribution in [0.15, 0.2) is 12.1 Å². The number of nitrogens with zero attached hydrogens (tertiary/aromatic N) is 1. The van der Waals surface area contributed by atoms with Crippen LogP contribution in [0, 0.1) is 18.3 Å². The van der Waals surface area contributed by atoms with E-state index in [-0.39, 0.29) is 5.78 Å². The van der Waals surface area contributed by atoms with Gasteiger partial charge in [-0.05, 0) is 31.5 Å². The predicted molar refractivity (Wildman–Crippen MR) is 50.3 cm³/mol. The van der Waals surface area contributed by atoms with E-state index in [1.165, 1.54) is 6.92 Å². The summed E-state index contributed by atoms with van der Waals surface area (Å²) >= 11 is 0. The number of nitrogen functional groups attached to an aromatic ring is 1. The van der Waals surface area contributed by atoms with Crippen LogP contribution in [0.1, 0.15) is 28.4 Å². The smallest absolute Gasteiger partial charge is 0.160 e. The fraction of sp³-hybridized carbons (Fsp3) is 0.200. The molecular formula is C10H10N2O. The van der Waals surface area contributed by atoms with E-state index in [2.05, 4.69) is 0 Å². The lowest BCUT2D eigenvalue weighted by atomic mass is 10.0. The van der Waals surface area contributed by atoms with Gasteiger partial charge in [0.15, 0.2) is 5.78 Å². The molecule has 13 heavy (non-hydrogen) atoms. The van der Waals surface area contributed by atoms with E-state index in [4.69, 9.17) is 11.0 Å². The summed E-state index contributed by atoms with van der Waals surface area (Å²) in [5, 5.41) is 8.66. The standard InChI is InChI=1S/C10H10N2O/c1-6-3-8(5-11)10(12)4-9(6)7(2)13/h3-4H,12H2,1-2H3. The normalized spacial score (nSPS) is 9.31. The molecule has 0 atom stereocenters. The Balaban J connectivity index is 3.39. The number of hydrogen-bond donors (Lipinski definition) is 1. The van der Waals surface area contributed by atoms with Crippen LogP contribution in [0.25, 0.3) is 0 Å². The van der Waals surface area contributed by atoms with E-state index in [9.17, 15) is 4.79 Å². The second kappa shape index (κ2) is 3.28. The third kappa shape index (κ3) is 1.67. The van der Waals surface area contributed by atoms with E-state index in [0.717, 1.165) is 5.56 Å². The first-order valence-corrected chi connectivity index (χ1v) is 3.87. The van der Waals surface area contributed by atoms with Gasteiger partial charge in [-0.25, -0.2) is 0 Å².